The van der Waals surface area contributed by atoms with Gasteiger partial charge in [0.15, 0.2) is 5.69 Å². The van der Waals surface area contributed by atoms with Crippen molar-refractivity contribution in [1.29, 1.82) is 5.26 Å². The molecule has 1 aromatic heterocycles. The van der Waals surface area contributed by atoms with E-state index in [1.54, 1.807) is 31.9 Å². The first-order valence-electron chi connectivity index (χ1n) is 5.47. The van der Waals surface area contributed by atoms with Crippen molar-refractivity contribution in [3.63, 3.8) is 0 Å². The second kappa shape index (κ2) is 5.33. The zero-order valence-electron chi connectivity index (χ0n) is 10.8. The maximum absolute atomic E-state index is 9.08. The minimum absolute atomic E-state index is 0.466. The van der Waals surface area contributed by atoms with Crippen LogP contribution in [0.5, 0.6) is 11.5 Å². The van der Waals surface area contributed by atoms with Gasteiger partial charge in [-0.2, -0.15) is 5.26 Å². The third-order valence-corrected chi connectivity index (χ3v) is 3.36. The number of methoxy groups -OCH3 is 2. The lowest BCUT2D eigenvalue weighted by molar-refractivity contribution is 0.395. The Morgan fingerprint density at radius 2 is 2.05 bits per heavy atom. The molecule has 1 aromatic carbocycles. The second-order valence-corrected chi connectivity index (χ2v) is 4.56. The molecule has 0 atom stereocenters. The van der Waals surface area contributed by atoms with Crippen molar-refractivity contribution in [1.82, 2.24) is 9.55 Å². The molecule has 0 saturated carbocycles. The summed E-state index contributed by atoms with van der Waals surface area (Å²) in [5.41, 5.74) is 1.26. The molecule has 0 radical (unpaired) electrons. The van der Waals surface area contributed by atoms with E-state index >= 15 is 0 Å². The van der Waals surface area contributed by atoms with Gasteiger partial charge in [0.1, 0.15) is 28.0 Å². The number of halogens is 1. The van der Waals surface area contributed by atoms with E-state index in [9.17, 15) is 0 Å². The first kappa shape index (κ1) is 13.4. The van der Waals surface area contributed by atoms with Crippen molar-refractivity contribution in [2.24, 2.45) is 7.05 Å². The van der Waals surface area contributed by atoms with E-state index in [1.807, 2.05) is 12.1 Å². The minimum Gasteiger partial charge on any atom is -0.497 e. The number of nitrogens with zero attached hydrogens (tertiary/aromatic N) is 3. The molecule has 0 unspecified atom stereocenters. The summed E-state index contributed by atoms with van der Waals surface area (Å²) in [6, 6.07) is 7.56. The van der Waals surface area contributed by atoms with Crippen LogP contribution < -0.4 is 9.47 Å². The van der Waals surface area contributed by atoms with Gasteiger partial charge in [-0.15, -0.1) is 0 Å². The summed E-state index contributed by atoms with van der Waals surface area (Å²) < 4.78 is 12.7. The van der Waals surface area contributed by atoms with Crippen molar-refractivity contribution < 1.29 is 9.47 Å². The highest BCUT2D eigenvalue weighted by Gasteiger charge is 2.17. The first-order valence-corrected chi connectivity index (χ1v) is 6.26. The van der Waals surface area contributed by atoms with Crippen molar-refractivity contribution in [2.75, 3.05) is 14.2 Å². The van der Waals surface area contributed by atoms with Gasteiger partial charge in [0.2, 0.25) is 0 Å². The smallest absolute Gasteiger partial charge is 0.154 e. The van der Waals surface area contributed by atoms with E-state index in [2.05, 4.69) is 27.0 Å². The molecule has 2 aromatic rings. The monoisotopic (exact) mass is 321 g/mol. The van der Waals surface area contributed by atoms with Crippen LogP contribution in [0.1, 0.15) is 5.69 Å². The van der Waals surface area contributed by atoms with Gasteiger partial charge in [-0.1, -0.05) is 0 Å². The van der Waals surface area contributed by atoms with Crippen LogP contribution in [-0.4, -0.2) is 23.8 Å². The molecule has 6 heteroatoms. The van der Waals surface area contributed by atoms with Crippen LogP contribution in [0, 0.1) is 11.3 Å². The van der Waals surface area contributed by atoms with Crippen LogP contribution in [0.15, 0.2) is 22.8 Å². The maximum atomic E-state index is 9.08. The Morgan fingerprint density at radius 3 is 2.58 bits per heavy atom. The highest BCUT2D eigenvalue weighted by atomic mass is 79.9. The Hall–Kier alpha value is -2.00. The third kappa shape index (κ3) is 2.29. The Bertz CT molecular complexity index is 659. The summed E-state index contributed by atoms with van der Waals surface area (Å²) in [5.74, 6) is 2.00. The Kier molecular flexibility index (Phi) is 3.76. The summed E-state index contributed by atoms with van der Waals surface area (Å²) in [4.78, 5) is 4.35. The molecular formula is C13H12BrN3O2. The van der Waals surface area contributed by atoms with Crippen molar-refractivity contribution in [2.45, 2.75) is 0 Å². The molecular weight excluding hydrogens is 310 g/mol. The predicted molar refractivity (Wildman–Crippen MR) is 74.2 cm³/mol. The van der Waals surface area contributed by atoms with Crippen molar-refractivity contribution in [3.8, 4) is 29.0 Å². The van der Waals surface area contributed by atoms with Gasteiger partial charge in [0.05, 0.1) is 19.8 Å². The number of hydrogen-bond acceptors (Lipinski definition) is 4. The molecule has 2 rings (SSSR count). The van der Waals surface area contributed by atoms with Gasteiger partial charge in [-0.05, 0) is 28.1 Å². The first-order chi connectivity index (χ1) is 9.12. The molecule has 0 spiro atoms. The number of ether oxygens (including phenoxy) is 2. The largest absolute Gasteiger partial charge is 0.497 e. The standard InChI is InChI=1S/C13H12BrN3O2/c1-17-10(7-15)12(14)16-13(17)9-5-4-8(18-2)6-11(9)19-3/h4-6H,1-3H3. The van der Waals surface area contributed by atoms with Gasteiger partial charge >= 0.3 is 0 Å². The number of nitriles is 1. The van der Waals surface area contributed by atoms with Gasteiger partial charge in [-0.3, -0.25) is 0 Å². The number of hydrogen-bond donors (Lipinski definition) is 0. The Morgan fingerprint density at radius 1 is 1.32 bits per heavy atom. The van der Waals surface area contributed by atoms with Crippen LogP contribution in [0.3, 0.4) is 0 Å². The van der Waals surface area contributed by atoms with Crippen LogP contribution >= 0.6 is 15.9 Å². The van der Waals surface area contributed by atoms with E-state index < -0.39 is 0 Å². The molecule has 0 saturated heterocycles. The number of rotatable bonds is 3. The molecule has 0 bridgehead atoms. The molecule has 5 nitrogen and oxygen atoms in total. The van der Waals surface area contributed by atoms with Gasteiger partial charge < -0.3 is 14.0 Å². The van der Waals surface area contributed by atoms with E-state index in [0.29, 0.717) is 27.6 Å². The van der Waals surface area contributed by atoms with Crippen LogP contribution in [0.25, 0.3) is 11.4 Å². The third-order valence-electron chi connectivity index (χ3n) is 2.81. The molecule has 0 fully saturated rings. The van der Waals surface area contributed by atoms with Gasteiger partial charge in [0.25, 0.3) is 0 Å². The lowest BCUT2D eigenvalue weighted by Gasteiger charge is -2.10. The van der Waals surface area contributed by atoms with Gasteiger partial charge in [0, 0.05) is 13.1 Å². The molecule has 98 valence electrons. The molecule has 0 aliphatic rings. The lowest BCUT2D eigenvalue weighted by atomic mass is 10.2. The minimum atomic E-state index is 0.466. The van der Waals surface area contributed by atoms with E-state index in [1.165, 1.54) is 0 Å². The van der Waals surface area contributed by atoms with Crippen molar-refractivity contribution >= 4 is 15.9 Å². The SMILES string of the molecule is COc1ccc(-c2nc(Br)c(C#N)n2C)c(OC)c1. The molecule has 19 heavy (non-hydrogen) atoms. The average Bonchev–Trinajstić information content (AvgIpc) is 2.72. The molecule has 0 aliphatic heterocycles. The summed E-state index contributed by atoms with van der Waals surface area (Å²) in [6.07, 6.45) is 0. The quantitative estimate of drug-likeness (QED) is 0.872. The molecule has 0 amide bonds. The second-order valence-electron chi connectivity index (χ2n) is 3.81. The number of imidazole rings is 1. The Labute approximate surface area is 119 Å². The predicted octanol–water partition coefficient (Wildman–Crippen LogP) is 2.74. The fourth-order valence-corrected chi connectivity index (χ4v) is 2.33. The summed E-state index contributed by atoms with van der Waals surface area (Å²) in [7, 11) is 4.97. The van der Waals surface area contributed by atoms with Crippen LogP contribution in [0.2, 0.25) is 0 Å². The van der Waals surface area contributed by atoms with Gasteiger partial charge in [-0.25, -0.2) is 4.98 Å². The Balaban J connectivity index is 2.63. The fraction of sp³-hybridized carbons (Fsp3) is 0.231. The average molecular weight is 322 g/mol. The topological polar surface area (TPSA) is 60.1 Å². The highest BCUT2D eigenvalue weighted by Crippen LogP contribution is 2.34. The summed E-state index contributed by atoms with van der Waals surface area (Å²) >= 11 is 3.28. The van der Waals surface area contributed by atoms with E-state index in [-0.39, 0.29) is 0 Å². The number of benzene rings is 1. The highest BCUT2D eigenvalue weighted by molar-refractivity contribution is 9.10. The van der Waals surface area contributed by atoms with E-state index in [4.69, 9.17) is 14.7 Å². The molecule has 0 N–H and O–H groups in total. The summed E-state index contributed by atoms with van der Waals surface area (Å²) in [6.45, 7) is 0. The molecule has 1 heterocycles. The summed E-state index contributed by atoms with van der Waals surface area (Å²) in [5, 5.41) is 9.08. The van der Waals surface area contributed by atoms with Crippen LogP contribution in [0.4, 0.5) is 0 Å². The number of aromatic nitrogens is 2. The van der Waals surface area contributed by atoms with Crippen LogP contribution in [-0.2, 0) is 7.05 Å². The maximum Gasteiger partial charge on any atom is 0.154 e. The normalized spacial score (nSPS) is 10.1. The zero-order valence-corrected chi connectivity index (χ0v) is 12.4. The van der Waals surface area contributed by atoms with Crippen molar-refractivity contribution in [3.05, 3.63) is 28.5 Å². The van der Waals surface area contributed by atoms with E-state index in [0.717, 1.165) is 5.56 Å². The lowest BCUT2D eigenvalue weighted by Crippen LogP contribution is -1.98. The molecule has 0 aliphatic carbocycles. The fourth-order valence-electron chi connectivity index (χ4n) is 1.81. The zero-order chi connectivity index (χ0) is 14.0.